The fourth-order valence-corrected chi connectivity index (χ4v) is 2.89. The summed E-state index contributed by atoms with van der Waals surface area (Å²) in [7, 11) is 0. The Morgan fingerprint density at radius 1 is 1.03 bits per heavy atom. The Morgan fingerprint density at radius 2 is 1.80 bits per heavy atom. The van der Waals surface area contributed by atoms with Crippen LogP contribution in [-0.4, -0.2) is 29.0 Å². The van der Waals surface area contributed by atoms with Crippen molar-refractivity contribution < 1.29 is 4.79 Å². The average molecular weight is 422 g/mol. The van der Waals surface area contributed by atoms with Gasteiger partial charge in [0.25, 0.3) is 0 Å². The van der Waals surface area contributed by atoms with Crippen molar-refractivity contribution in [2.75, 3.05) is 23.7 Å². The molecule has 0 aliphatic rings. The van der Waals surface area contributed by atoms with Crippen LogP contribution in [-0.2, 0) is 4.79 Å². The topological polar surface area (TPSA) is 78.9 Å². The third kappa shape index (κ3) is 6.60. The van der Waals surface area contributed by atoms with E-state index in [2.05, 4.69) is 25.9 Å². The van der Waals surface area contributed by atoms with E-state index >= 15 is 0 Å². The van der Waals surface area contributed by atoms with Gasteiger partial charge in [-0.25, -0.2) is 4.98 Å². The minimum atomic E-state index is -0.191. The Balaban J connectivity index is 1.48. The highest BCUT2D eigenvalue weighted by molar-refractivity contribution is 6.32. The van der Waals surface area contributed by atoms with Crippen LogP contribution in [0.2, 0.25) is 5.02 Å². The molecule has 1 aromatic heterocycles. The van der Waals surface area contributed by atoms with Crippen molar-refractivity contribution in [1.29, 1.82) is 0 Å². The van der Waals surface area contributed by atoms with Crippen molar-refractivity contribution in [3.63, 3.8) is 0 Å². The van der Waals surface area contributed by atoms with Gasteiger partial charge in [0, 0.05) is 41.6 Å². The lowest BCUT2D eigenvalue weighted by atomic mass is 10.2. The van der Waals surface area contributed by atoms with Crippen molar-refractivity contribution in [1.82, 2.24) is 15.3 Å². The van der Waals surface area contributed by atoms with E-state index in [0.717, 1.165) is 16.9 Å². The predicted molar refractivity (Wildman–Crippen MR) is 123 cm³/mol. The maximum atomic E-state index is 12.0. The number of nitrogens with one attached hydrogen (secondary N) is 3. The van der Waals surface area contributed by atoms with Crippen LogP contribution >= 0.6 is 11.6 Å². The van der Waals surface area contributed by atoms with Gasteiger partial charge in [0.2, 0.25) is 11.9 Å². The Morgan fingerprint density at radius 3 is 2.57 bits per heavy atom. The number of benzene rings is 2. The van der Waals surface area contributed by atoms with Gasteiger partial charge in [-0.05, 0) is 43.7 Å². The van der Waals surface area contributed by atoms with Gasteiger partial charge in [-0.2, -0.15) is 4.98 Å². The van der Waals surface area contributed by atoms with E-state index in [0.29, 0.717) is 29.9 Å². The van der Waals surface area contributed by atoms with Crippen LogP contribution in [0.15, 0.2) is 60.7 Å². The number of halogens is 1. The maximum Gasteiger partial charge on any atom is 0.244 e. The van der Waals surface area contributed by atoms with Crippen LogP contribution in [0.4, 0.5) is 17.5 Å². The van der Waals surface area contributed by atoms with E-state index in [9.17, 15) is 4.79 Å². The quantitative estimate of drug-likeness (QED) is 0.362. The fourth-order valence-electron chi connectivity index (χ4n) is 2.69. The number of carbonyl (C=O) groups excluding carboxylic acids is 1. The minimum absolute atomic E-state index is 0.191. The van der Waals surface area contributed by atoms with E-state index in [1.807, 2.05) is 62.4 Å². The first-order chi connectivity index (χ1) is 14.5. The summed E-state index contributed by atoms with van der Waals surface area (Å²) in [5.41, 5.74) is 3.80. The number of hydrogen-bond donors (Lipinski definition) is 3. The number of carbonyl (C=O) groups is 1. The first-order valence-corrected chi connectivity index (χ1v) is 10.0. The average Bonchev–Trinajstić information content (AvgIpc) is 2.72. The molecule has 0 spiro atoms. The van der Waals surface area contributed by atoms with Crippen molar-refractivity contribution in [3.05, 3.63) is 82.5 Å². The molecule has 154 valence electrons. The third-order valence-electron chi connectivity index (χ3n) is 4.21. The summed E-state index contributed by atoms with van der Waals surface area (Å²) in [5, 5.41) is 9.83. The molecule has 0 atom stereocenters. The van der Waals surface area contributed by atoms with E-state index < -0.39 is 0 Å². The molecule has 6 nitrogen and oxygen atoms in total. The highest BCUT2D eigenvalue weighted by atomic mass is 35.5. The molecule has 1 heterocycles. The summed E-state index contributed by atoms with van der Waals surface area (Å²) in [6.45, 7) is 4.89. The molecule has 0 unspecified atom stereocenters. The summed E-state index contributed by atoms with van der Waals surface area (Å²) in [4.78, 5) is 20.8. The molecule has 7 heteroatoms. The molecule has 2 aromatic carbocycles. The summed E-state index contributed by atoms with van der Waals surface area (Å²) < 4.78 is 0. The van der Waals surface area contributed by atoms with Crippen LogP contribution in [0.3, 0.4) is 0 Å². The Labute approximate surface area is 181 Å². The third-order valence-corrected chi connectivity index (χ3v) is 4.55. The van der Waals surface area contributed by atoms with Crippen molar-refractivity contribution in [3.8, 4) is 0 Å². The van der Waals surface area contributed by atoms with Gasteiger partial charge >= 0.3 is 0 Å². The number of nitrogens with zero attached hydrogens (tertiary/aromatic N) is 2. The number of hydrogen-bond acceptors (Lipinski definition) is 5. The lowest BCUT2D eigenvalue weighted by molar-refractivity contribution is -0.116. The lowest BCUT2D eigenvalue weighted by Gasteiger charge is -2.10. The van der Waals surface area contributed by atoms with Crippen LogP contribution in [0, 0.1) is 13.8 Å². The van der Waals surface area contributed by atoms with Crippen LogP contribution in [0.25, 0.3) is 6.08 Å². The highest BCUT2D eigenvalue weighted by Gasteiger charge is 2.03. The molecule has 0 aliphatic carbocycles. The molecular weight excluding hydrogens is 398 g/mol. The first kappa shape index (κ1) is 21.3. The van der Waals surface area contributed by atoms with Gasteiger partial charge in [-0.3, -0.25) is 4.79 Å². The summed E-state index contributed by atoms with van der Waals surface area (Å²) in [5.74, 6) is 1.02. The number of anilines is 3. The predicted octanol–water partition coefficient (Wildman–Crippen LogP) is 4.73. The molecule has 30 heavy (non-hydrogen) atoms. The number of aromatic nitrogens is 2. The molecule has 0 bridgehead atoms. The van der Waals surface area contributed by atoms with Gasteiger partial charge < -0.3 is 16.0 Å². The molecule has 0 radical (unpaired) electrons. The molecular formula is C23H24ClN5O. The second-order valence-corrected chi connectivity index (χ2v) is 7.19. The SMILES string of the molecule is Cc1ccc(Nc2cc(C)nc(NCCNC(=O)/C=C/c3ccccc3Cl)n2)cc1. The monoisotopic (exact) mass is 421 g/mol. The zero-order chi connectivity index (χ0) is 21.3. The second-order valence-electron chi connectivity index (χ2n) is 6.78. The standard InChI is InChI=1S/C23H24ClN5O/c1-16-7-10-19(11-8-16)28-21-15-17(2)27-23(29-21)26-14-13-25-22(30)12-9-18-5-3-4-6-20(18)24/h3-12,15H,13-14H2,1-2H3,(H,25,30)(H2,26,27,28,29)/b12-9+. The van der Waals surface area contributed by atoms with Gasteiger partial charge in [-0.15, -0.1) is 0 Å². The molecule has 0 aliphatic heterocycles. The van der Waals surface area contributed by atoms with Crippen molar-refractivity contribution >= 4 is 41.0 Å². The summed E-state index contributed by atoms with van der Waals surface area (Å²) in [6, 6.07) is 17.3. The van der Waals surface area contributed by atoms with Gasteiger partial charge in [-0.1, -0.05) is 47.5 Å². The Bertz CT molecular complexity index is 1030. The van der Waals surface area contributed by atoms with Crippen LogP contribution in [0.5, 0.6) is 0 Å². The summed E-state index contributed by atoms with van der Waals surface area (Å²) >= 11 is 6.07. The largest absolute Gasteiger partial charge is 0.352 e. The minimum Gasteiger partial charge on any atom is -0.352 e. The molecule has 0 saturated heterocycles. The van der Waals surface area contributed by atoms with E-state index in [1.54, 1.807) is 12.1 Å². The number of rotatable bonds is 8. The van der Waals surface area contributed by atoms with Gasteiger partial charge in [0.05, 0.1) is 0 Å². The number of amides is 1. The molecule has 3 aromatic rings. The van der Waals surface area contributed by atoms with E-state index in [4.69, 9.17) is 11.6 Å². The van der Waals surface area contributed by atoms with Crippen molar-refractivity contribution in [2.45, 2.75) is 13.8 Å². The Kier molecular flexibility index (Phi) is 7.40. The molecule has 3 N–H and O–H groups in total. The van der Waals surface area contributed by atoms with Crippen molar-refractivity contribution in [2.24, 2.45) is 0 Å². The number of aryl methyl sites for hydroxylation is 2. The van der Waals surface area contributed by atoms with Gasteiger partial charge in [0.15, 0.2) is 0 Å². The van der Waals surface area contributed by atoms with E-state index in [-0.39, 0.29) is 5.91 Å². The zero-order valence-electron chi connectivity index (χ0n) is 16.9. The lowest BCUT2D eigenvalue weighted by Crippen LogP contribution is -2.27. The van der Waals surface area contributed by atoms with Gasteiger partial charge in [0.1, 0.15) is 5.82 Å². The molecule has 0 saturated carbocycles. The Hall–Kier alpha value is -3.38. The van der Waals surface area contributed by atoms with Crippen LogP contribution < -0.4 is 16.0 Å². The molecule has 0 fully saturated rings. The second kappa shape index (κ2) is 10.4. The summed E-state index contributed by atoms with van der Waals surface area (Å²) in [6.07, 6.45) is 3.16. The van der Waals surface area contributed by atoms with E-state index in [1.165, 1.54) is 11.6 Å². The highest BCUT2D eigenvalue weighted by Crippen LogP contribution is 2.17. The smallest absolute Gasteiger partial charge is 0.244 e. The maximum absolute atomic E-state index is 12.0. The molecule has 3 rings (SSSR count). The normalized spacial score (nSPS) is 10.8. The molecule has 1 amide bonds. The first-order valence-electron chi connectivity index (χ1n) is 9.63. The van der Waals surface area contributed by atoms with Crippen LogP contribution in [0.1, 0.15) is 16.8 Å². The zero-order valence-corrected chi connectivity index (χ0v) is 17.7. The fraction of sp³-hybridized carbons (Fsp3) is 0.174.